The Morgan fingerprint density at radius 3 is 2.88 bits per heavy atom. The van der Waals surface area contributed by atoms with Crippen LogP contribution in [0.5, 0.6) is 5.75 Å². The molecule has 0 bridgehead atoms. The Balaban J connectivity index is 2.49. The zero-order chi connectivity index (χ0) is 12.7. The topological polar surface area (TPSA) is 52.6 Å². The molecule has 0 atom stereocenters. The maximum Gasteiger partial charge on any atom is 0.236 e. The number of aromatic hydroxyl groups is 1. The Kier molecular flexibility index (Phi) is 5.05. The number of rotatable bonds is 5. The predicted molar refractivity (Wildman–Crippen MR) is 66.3 cm³/mol. The van der Waals surface area contributed by atoms with Gasteiger partial charge in [0.2, 0.25) is 5.91 Å². The normalized spacial score (nSPS) is 9.65. The van der Waals surface area contributed by atoms with Crippen LogP contribution in [0.1, 0.15) is 5.56 Å². The van der Waals surface area contributed by atoms with Gasteiger partial charge in [-0.2, -0.15) is 0 Å². The summed E-state index contributed by atoms with van der Waals surface area (Å²) in [6.45, 7) is 0.952. The number of phenolic OH excluding ortho intramolecular Hbond substituents is 1. The molecule has 0 saturated heterocycles. The lowest BCUT2D eigenvalue weighted by Crippen LogP contribution is -2.35. The maximum absolute atomic E-state index is 11.6. The molecule has 0 aliphatic heterocycles. The molecule has 4 nitrogen and oxygen atoms in total. The Labute approximate surface area is 101 Å². The molecule has 0 heterocycles. The van der Waals surface area contributed by atoms with E-state index in [1.807, 2.05) is 6.07 Å². The van der Waals surface area contributed by atoms with Crippen LogP contribution in [0.4, 0.5) is 0 Å². The average Bonchev–Trinajstić information content (AvgIpc) is 2.32. The molecule has 0 radical (unpaired) electrons. The third kappa shape index (κ3) is 4.17. The van der Waals surface area contributed by atoms with Crippen molar-refractivity contribution in [3.05, 3.63) is 29.8 Å². The molecule has 0 saturated carbocycles. The van der Waals surface area contributed by atoms with Crippen molar-refractivity contribution >= 4 is 5.91 Å². The van der Waals surface area contributed by atoms with Gasteiger partial charge in [-0.1, -0.05) is 24.1 Å². The Morgan fingerprint density at radius 2 is 2.24 bits per heavy atom. The van der Waals surface area contributed by atoms with Crippen molar-refractivity contribution in [1.29, 1.82) is 0 Å². The largest absolute Gasteiger partial charge is 0.508 e. The second-order valence-corrected chi connectivity index (χ2v) is 3.69. The highest BCUT2D eigenvalue weighted by Gasteiger charge is 2.10. The molecule has 0 aliphatic carbocycles. The molecule has 1 aromatic rings. The number of phenols is 1. The highest BCUT2D eigenvalue weighted by atomic mass is 16.3. The third-order valence-corrected chi connectivity index (χ3v) is 2.33. The summed E-state index contributed by atoms with van der Waals surface area (Å²) in [6.07, 6.45) is 5.06. The quantitative estimate of drug-likeness (QED) is 0.576. The fourth-order valence-electron chi connectivity index (χ4n) is 1.36. The highest BCUT2D eigenvalue weighted by molar-refractivity contribution is 5.78. The van der Waals surface area contributed by atoms with Gasteiger partial charge < -0.3 is 10.0 Å². The van der Waals surface area contributed by atoms with Crippen molar-refractivity contribution in [3.8, 4) is 18.1 Å². The van der Waals surface area contributed by atoms with E-state index in [-0.39, 0.29) is 18.2 Å². The van der Waals surface area contributed by atoms with Crippen molar-refractivity contribution in [2.75, 3.05) is 20.1 Å². The fourth-order valence-corrected chi connectivity index (χ4v) is 1.36. The summed E-state index contributed by atoms with van der Waals surface area (Å²) in [5, 5.41) is 12.4. The number of hydrogen-bond acceptors (Lipinski definition) is 3. The van der Waals surface area contributed by atoms with Crippen LogP contribution in [0.3, 0.4) is 0 Å². The number of benzene rings is 1. The molecule has 1 aromatic carbocycles. The lowest BCUT2D eigenvalue weighted by Gasteiger charge is -2.17. The Bertz CT molecular complexity index is 424. The standard InChI is InChI=1S/C13H16N2O2/c1-3-8-14-9-13(17)15(2)10-11-6-4-5-7-12(11)16/h1,4-7,14,16H,8-10H2,2H3. The van der Waals surface area contributed by atoms with E-state index in [1.54, 1.807) is 30.1 Å². The monoisotopic (exact) mass is 232 g/mol. The van der Waals surface area contributed by atoms with Crippen molar-refractivity contribution < 1.29 is 9.90 Å². The SMILES string of the molecule is C#CCNCC(=O)N(C)Cc1ccccc1O. The van der Waals surface area contributed by atoms with E-state index in [0.29, 0.717) is 13.1 Å². The number of likely N-dealkylation sites (N-methyl/N-ethyl adjacent to an activating group) is 1. The van der Waals surface area contributed by atoms with Gasteiger partial charge in [0, 0.05) is 19.2 Å². The zero-order valence-corrected chi connectivity index (χ0v) is 9.81. The number of nitrogens with one attached hydrogen (secondary N) is 1. The van der Waals surface area contributed by atoms with Crippen molar-refractivity contribution in [3.63, 3.8) is 0 Å². The fraction of sp³-hybridized carbons (Fsp3) is 0.308. The molecule has 0 spiro atoms. The molecular formula is C13H16N2O2. The van der Waals surface area contributed by atoms with Crippen molar-refractivity contribution in [2.45, 2.75) is 6.54 Å². The number of carbonyl (C=O) groups excluding carboxylic acids is 1. The molecule has 17 heavy (non-hydrogen) atoms. The predicted octanol–water partition coefficient (Wildman–Crippen LogP) is 0.573. The first-order valence-corrected chi connectivity index (χ1v) is 5.30. The lowest BCUT2D eigenvalue weighted by atomic mass is 10.2. The van der Waals surface area contributed by atoms with Crippen LogP contribution in [0.15, 0.2) is 24.3 Å². The van der Waals surface area contributed by atoms with Crippen LogP contribution in [-0.4, -0.2) is 36.1 Å². The zero-order valence-electron chi connectivity index (χ0n) is 9.81. The highest BCUT2D eigenvalue weighted by Crippen LogP contribution is 2.16. The maximum atomic E-state index is 11.6. The second-order valence-electron chi connectivity index (χ2n) is 3.69. The van der Waals surface area contributed by atoms with Gasteiger partial charge in [0.1, 0.15) is 5.75 Å². The third-order valence-electron chi connectivity index (χ3n) is 2.33. The van der Waals surface area contributed by atoms with E-state index in [9.17, 15) is 9.90 Å². The molecule has 0 aliphatic rings. The van der Waals surface area contributed by atoms with Gasteiger partial charge in [-0.05, 0) is 6.07 Å². The van der Waals surface area contributed by atoms with Gasteiger partial charge in [0.05, 0.1) is 13.1 Å². The van der Waals surface area contributed by atoms with E-state index in [0.717, 1.165) is 5.56 Å². The van der Waals surface area contributed by atoms with E-state index in [1.165, 1.54) is 0 Å². The number of carbonyl (C=O) groups is 1. The summed E-state index contributed by atoms with van der Waals surface area (Å²) in [6, 6.07) is 6.96. The minimum atomic E-state index is -0.0662. The lowest BCUT2D eigenvalue weighted by molar-refractivity contribution is -0.129. The number of terminal acetylenes is 1. The number of para-hydroxylation sites is 1. The van der Waals surface area contributed by atoms with Crippen molar-refractivity contribution in [2.24, 2.45) is 0 Å². The van der Waals surface area contributed by atoms with Gasteiger partial charge >= 0.3 is 0 Å². The number of hydrogen-bond donors (Lipinski definition) is 2. The van der Waals surface area contributed by atoms with Crippen LogP contribution < -0.4 is 5.32 Å². The smallest absolute Gasteiger partial charge is 0.236 e. The van der Waals surface area contributed by atoms with E-state index >= 15 is 0 Å². The number of amides is 1. The van der Waals surface area contributed by atoms with Crippen LogP contribution in [0.2, 0.25) is 0 Å². The number of nitrogens with zero attached hydrogens (tertiary/aromatic N) is 1. The van der Waals surface area contributed by atoms with E-state index < -0.39 is 0 Å². The van der Waals surface area contributed by atoms with Gasteiger partial charge in [-0.3, -0.25) is 10.1 Å². The molecule has 0 aromatic heterocycles. The molecule has 1 amide bonds. The van der Waals surface area contributed by atoms with E-state index in [2.05, 4.69) is 11.2 Å². The molecule has 90 valence electrons. The summed E-state index contributed by atoms with van der Waals surface area (Å²) in [7, 11) is 1.69. The minimum absolute atomic E-state index is 0.0662. The summed E-state index contributed by atoms with van der Waals surface area (Å²) >= 11 is 0. The van der Waals surface area contributed by atoms with Crippen LogP contribution in [0.25, 0.3) is 0 Å². The molecule has 0 fully saturated rings. The average molecular weight is 232 g/mol. The Morgan fingerprint density at radius 1 is 1.53 bits per heavy atom. The summed E-state index contributed by atoms with van der Waals surface area (Å²) in [5.74, 6) is 2.53. The first-order chi connectivity index (χ1) is 8.15. The second kappa shape index (κ2) is 6.56. The molecular weight excluding hydrogens is 216 g/mol. The first kappa shape index (κ1) is 13.1. The van der Waals surface area contributed by atoms with Crippen molar-refractivity contribution in [1.82, 2.24) is 10.2 Å². The van der Waals surface area contributed by atoms with Gasteiger partial charge in [0.15, 0.2) is 0 Å². The molecule has 0 unspecified atom stereocenters. The minimum Gasteiger partial charge on any atom is -0.508 e. The first-order valence-electron chi connectivity index (χ1n) is 5.30. The van der Waals surface area contributed by atoms with Crippen LogP contribution in [0, 0.1) is 12.3 Å². The summed E-state index contributed by atoms with van der Waals surface area (Å²) in [5.41, 5.74) is 0.722. The summed E-state index contributed by atoms with van der Waals surface area (Å²) in [4.78, 5) is 13.2. The molecule has 4 heteroatoms. The summed E-state index contributed by atoms with van der Waals surface area (Å²) < 4.78 is 0. The molecule has 1 rings (SSSR count). The van der Waals surface area contributed by atoms with Crippen LogP contribution >= 0.6 is 0 Å². The molecule has 2 N–H and O–H groups in total. The van der Waals surface area contributed by atoms with Gasteiger partial charge in [-0.25, -0.2) is 0 Å². The van der Waals surface area contributed by atoms with Crippen LogP contribution in [-0.2, 0) is 11.3 Å². The van der Waals surface area contributed by atoms with Gasteiger partial charge in [-0.15, -0.1) is 6.42 Å². The Hall–Kier alpha value is -1.99. The van der Waals surface area contributed by atoms with E-state index in [4.69, 9.17) is 6.42 Å². The van der Waals surface area contributed by atoms with Gasteiger partial charge in [0.25, 0.3) is 0 Å².